The zero-order chi connectivity index (χ0) is 15.7. The monoisotopic (exact) mass is 308 g/mol. The molecule has 0 amide bonds. The Morgan fingerprint density at radius 1 is 0.500 bits per heavy atom. The van der Waals surface area contributed by atoms with Crippen molar-refractivity contribution in [1.29, 1.82) is 0 Å². The van der Waals surface area contributed by atoms with Crippen LogP contribution in [-0.2, 0) is 0 Å². The molecule has 0 heterocycles. The molecule has 1 saturated carbocycles. The lowest BCUT2D eigenvalue weighted by Crippen LogP contribution is -2.02. The van der Waals surface area contributed by atoms with E-state index in [0.717, 1.165) is 5.92 Å². The molecule has 0 bridgehead atoms. The van der Waals surface area contributed by atoms with Crippen LogP contribution >= 0.6 is 0 Å². The van der Waals surface area contributed by atoms with Crippen molar-refractivity contribution in [3.8, 4) is 0 Å². The third kappa shape index (κ3) is 12.5. The molecule has 1 rings (SSSR count). The van der Waals surface area contributed by atoms with Crippen molar-refractivity contribution in [2.75, 3.05) is 0 Å². The van der Waals surface area contributed by atoms with Crippen LogP contribution in [0.5, 0.6) is 0 Å². The highest BCUT2D eigenvalue weighted by Gasteiger charge is 2.09. The zero-order valence-electron chi connectivity index (χ0n) is 15.7. The van der Waals surface area contributed by atoms with E-state index in [2.05, 4.69) is 6.92 Å². The first-order valence-corrected chi connectivity index (χ1v) is 10.9. The normalized spacial score (nSPS) is 19.5. The quantitative estimate of drug-likeness (QED) is 0.375. The highest BCUT2D eigenvalue weighted by molar-refractivity contribution is 4.63. The first-order valence-electron chi connectivity index (χ1n) is 10.9. The van der Waals surface area contributed by atoms with E-state index in [0.29, 0.717) is 0 Å². The van der Waals surface area contributed by atoms with Gasteiger partial charge in [0.15, 0.2) is 0 Å². The van der Waals surface area contributed by atoms with Gasteiger partial charge in [0.2, 0.25) is 0 Å². The van der Waals surface area contributed by atoms with Crippen LogP contribution in [0.3, 0.4) is 0 Å². The molecule has 1 aliphatic rings. The topological polar surface area (TPSA) is 0 Å². The average Bonchev–Trinajstić information content (AvgIpc) is 2.52. The third-order valence-electron chi connectivity index (χ3n) is 5.69. The standard InChI is InChI=1S/C22H44/c1-2-3-4-5-6-10-13-16-19-22-20-17-14-11-8-7-9-12-15-18-21-22/h22H,2-21H2,1H3. The molecule has 0 unspecified atom stereocenters. The summed E-state index contributed by atoms with van der Waals surface area (Å²) in [5.74, 6) is 1.07. The third-order valence-corrected chi connectivity index (χ3v) is 5.69. The van der Waals surface area contributed by atoms with Gasteiger partial charge in [-0.05, 0) is 5.92 Å². The lowest BCUT2D eigenvalue weighted by molar-refractivity contribution is 0.360. The first kappa shape index (κ1) is 20.0. The Kier molecular flexibility index (Phi) is 14.5. The summed E-state index contributed by atoms with van der Waals surface area (Å²) in [6.07, 6.45) is 30.0. The Morgan fingerprint density at radius 3 is 1.41 bits per heavy atom. The van der Waals surface area contributed by atoms with Gasteiger partial charge in [-0.2, -0.15) is 0 Å². The Labute approximate surface area is 141 Å². The molecular formula is C22H44. The SMILES string of the molecule is CCCCCCCCCCC1CCCCCCCCCCC1. The van der Waals surface area contributed by atoms with Crippen LogP contribution in [0.15, 0.2) is 0 Å². The summed E-state index contributed by atoms with van der Waals surface area (Å²) in [5.41, 5.74) is 0. The summed E-state index contributed by atoms with van der Waals surface area (Å²) < 4.78 is 0. The van der Waals surface area contributed by atoms with Crippen LogP contribution in [0.4, 0.5) is 0 Å². The highest BCUT2D eigenvalue weighted by atomic mass is 14.1. The Bertz CT molecular complexity index is 196. The molecule has 0 aromatic heterocycles. The van der Waals surface area contributed by atoms with Crippen molar-refractivity contribution in [3.05, 3.63) is 0 Å². The van der Waals surface area contributed by atoms with E-state index in [1.54, 1.807) is 0 Å². The maximum absolute atomic E-state index is 2.31. The van der Waals surface area contributed by atoms with Gasteiger partial charge in [-0.3, -0.25) is 0 Å². The number of unbranched alkanes of at least 4 members (excludes halogenated alkanes) is 7. The minimum atomic E-state index is 1.07. The Hall–Kier alpha value is 0. The summed E-state index contributed by atoms with van der Waals surface area (Å²) in [6, 6.07) is 0. The fraction of sp³-hybridized carbons (Fsp3) is 1.00. The van der Waals surface area contributed by atoms with Crippen LogP contribution in [0.1, 0.15) is 135 Å². The summed E-state index contributed by atoms with van der Waals surface area (Å²) in [4.78, 5) is 0. The second kappa shape index (κ2) is 15.9. The largest absolute Gasteiger partial charge is 0.0654 e. The van der Waals surface area contributed by atoms with Gasteiger partial charge in [0.1, 0.15) is 0 Å². The fourth-order valence-electron chi connectivity index (χ4n) is 4.10. The van der Waals surface area contributed by atoms with Gasteiger partial charge >= 0.3 is 0 Å². The van der Waals surface area contributed by atoms with Crippen molar-refractivity contribution >= 4 is 0 Å². The molecule has 22 heavy (non-hydrogen) atoms. The van der Waals surface area contributed by atoms with Crippen molar-refractivity contribution in [2.45, 2.75) is 135 Å². The highest BCUT2D eigenvalue weighted by Crippen LogP contribution is 2.25. The van der Waals surface area contributed by atoms with E-state index in [-0.39, 0.29) is 0 Å². The van der Waals surface area contributed by atoms with Crippen molar-refractivity contribution < 1.29 is 0 Å². The fourth-order valence-corrected chi connectivity index (χ4v) is 4.10. The molecule has 1 aliphatic carbocycles. The molecule has 0 aliphatic heterocycles. The van der Waals surface area contributed by atoms with E-state index in [4.69, 9.17) is 0 Å². The predicted molar refractivity (Wildman–Crippen MR) is 102 cm³/mol. The van der Waals surface area contributed by atoms with Gasteiger partial charge in [-0.15, -0.1) is 0 Å². The molecule has 0 N–H and O–H groups in total. The van der Waals surface area contributed by atoms with Gasteiger partial charge in [0.25, 0.3) is 0 Å². The van der Waals surface area contributed by atoms with Gasteiger partial charge in [0, 0.05) is 0 Å². The molecular weight excluding hydrogens is 264 g/mol. The Morgan fingerprint density at radius 2 is 0.909 bits per heavy atom. The number of hydrogen-bond acceptors (Lipinski definition) is 0. The molecule has 0 spiro atoms. The van der Waals surface area contributed by atoms with Crippen LogP contribution in [0.25, 0.3) is 0 Å². The minimum Gasteiger partial charge on any atom is -0.0654 e. The van der Waals surface area contributed by atoms with Gasteiger partial charge in [0.05, 0.1) is 0 Å². The van der Waals surface area contributed by atoms with Crippen molar-refractivity contribution in [1.82, 2.24) is 0 Å². The van der Waals surface area contributed by atoms with Gasteiger partial charge in [-0.1, -0.05) is 135 Å². The maximum Gasteiger partial charge on any atom is -0.0414 e. The van der Waals surface area contributed by atoms with E-state index in [1.807, 2.05) is 0 Å². The Balaban J connectivity index is 2.02. The molecule has 1 fully saturated rings. The van der Waals surface area contributed by atoms with E-state index in [1.165, 1.54) is 128 Å². The molecule has 0 heteroatoms. The van der Waals surface area contributed by atoms with Crippen LogP contribution in [-0.4, -0.2) is 0 Å². The zero-order valence-corrected chi connectivity index (χ0v) is 15.7. The number of hydrogen-bond donors (Lipinski definition) is 0. The molecule has 0 saturated heterocycles. The molecule has 0 atom stereocenters. The lowest BCUT2D eigenvalue weighted by atomic mass is 9.89. The lowest BCUT2D eigenvalue weighted by Gasteiger charge is -2.17. The van der Waals surface area contributed by atoms with Crippen LogP contribution in [0, 0.1) is 5.92 Å². The van der Waals surface area contributed by atoms with Gasteiger partial charge < -0.3 is 0 Å². The summed E-state index contributed by atoms with van der Waals surface area (Å²) in [7, 11) is 0. The second-order valence-electron chi connectivity index (χ2n) is 7.89. The average molecular weight is 309 g/mol. The van der Waals surface area contributed by atoms with E-state index >= 15 is 0 Å². The molecule has 0 aromatic rings. The van der Waals surface area contributed by atoms with Crippen molar-refractivity contribution in [2.24, 2.45) is 5.92 Å². The molecule has 132 valence electrons. The second-order valence-corrected chi connectivity index (χ2v) is 7.89. The van der Waals surface area contributed by atoms with E-state index < -0.39 is 0 Å². The van der Waals surface area contributed by atoms with Crippen LogP contribution in [0.2, 0.25) is 0 Å². The minimum absolute atomic E-state index is 1.07. The summed E-state index contributed by atoms with van der Waals surface area (Å²) in [5, 5.41) is 0. The van der Waals surface area contributed by atoms with Crippen molar-refractivity contribution in [3.63, 3.8) is 0 Å². The summed E-state index contributed by atoms with van der Waals surface area (Å²) >= 11 is 0. The molecule has 0 aromatic carbocycles. The van der Waals surface area contributed by atoms with E-state index in [9.17, 15) is 0 Å². The summed E-state index contributed by atoms with van der Waals surface area (Å²) in [6.45, 7) is 2.31. The maximum atomic E-state index is 2.31. The smallest absolute Gasteiger partial charge is 0.0414 e. The molecule has 0 radical (unpaired) electrons. The number of rotatable bonds is 9. The first-order chi connectivity index (χ1) is 10.9. The van der Waals surface area contributed by atoms with Crippen LogP contribution < -0.4 is 0 Å². The van der Waals surface area contributed by atoms with Gasteiger partial charge in [-0.25, -0.2) is 0 Å². The molecule has 0 nitrogen and oxygen atoms in total. The predicted octanol–water partition coefficient (Wildman–Crippen LogP) is 8.44.